The number of anilines is 1. The zero-order valence-electron chi connectivity index (χ0n) is 6.61. The number of nitrogens with zero attached hydrogens (tertiary/aromatic N) is 1. The molecule has 3 nitrogen and oxygen atoms in total. The number of hydrogen-bond acceptors (Lipinski definition) is 3. The Morgan fingerprint density at radius 1 is 1.55 bits per heavy atom. The molecule has 0 aliphatic carbocycles. The summed E-state index contributed by atoms with van der Waals surface area (Å²) in [6.07, 6.45) is 1.60. The standard InChI is InChI=1S/C7H11N2OP/c1-11(2,10)7-6(8)4-3-5-9-7/h3-5H,8H2,1-2H3. The molecule has 0 radical (unpaired) electrons. The molecule has 1 rings (SSSR count). The molecule has 60 valence electrons. The maximum atomic E-state index is 11.5. The Labute approximate surface area is 66.0 Å². The molecule has 0 bridgehead atoms. The molecule has 11 heavy (non-hydrogen) atoms. The van der Waals surface area contributed by atoms with Crippen molar-refractivity contribution in [3.05, 3.63) is 18.3 Å². The highest BCUT2D eigenvalue weighted by molar-refractivity contribution is 7.70. The second-order valence-corrected chi connectivity index (χ2v) is 5.89. The first-order valence-electron chi connectivity index (χ1n) is 3.28. The summed E-state index contributed by atoms with van der Waals surface area (Å²) < 4.78 is 11.5. The van der Waals surface area contributed by atoms with Gasteiger partial charge in [0.05, 0.1) is 5.69 Å². The average molecular weight is 170 g/mol. The molecule has 0 saturated heterocycles. The average Bonchev–Trinajstić information content (AvgIpc) is 1.86. The first kappa shape index (κ1) is 8.28. The first-order valence-corrected chi connectivity index (χ1v) is 5.88. The van der Waals surface area contributed by atoms with E-state index in [0.717, 1.165) is 0 Å². The van der Waals surface area contributed by atoms with Crippen LogP contribution in [0.15, 0.2) is 18.3 Å². The van der Waals surface area contributed by atoms with E-state index in [4.69, 9.17) is 5.73 Å². The van der Waals surface area contributed by atoms with Crippen LogP contribution in [0.2, 0.25) is 0 Å². The Morgan fingerprint density at radius 3 is 2.55 bits per heavy atom. The smallest absolute Gasteiger partial charge is 0.129 e. The summed E-state index contributed by atoms with van der Waals surface area (Å²) in [5, 5.41) is 0. The van der Waals surface area contributed by atoms with Gasteiger partial charge >= 0.3 is 0 Å². The third kappa shape index (κ3) is 1.81. The Hall–Kier alpha value is -0.820. The lowest BCUT2D eigenvalue weighted by molar-refractivity contribution is 0.588. The van der Waals surface area contributed by atoms with E-state index in [1.807, 2.05) is 0 Å². The van der Waals surface area contributed by atoms with Crippen molar-refractivity contribution in [3.8, 4) is 0 Å². The van der Waals surface area contributed by atoms with Crippen LogP contribution in [0.1, 0.15) is 0 Å². The molecule has 0 atom stereocenters. The van der Waals surface area contributed by atoms with Crippen LogP contribution in [-0.4, -0.2) is 18.3 Å². The first-order chi connectivity index (χ1) is 5.02. The largest absolute Gasteiger partial charge is 0.397 e. The molecule has 1 aromatic heterocycles. The van der Waals surface area contributed by atoms with Gasteiger partial charge in [0.1, 0.15) is 12.6 Å². The van der Waals surface area contributed by atoms with Crippen molar-refractivity contribution in [1.29, 1.82) is 0 Å². The molecule has 0 unspecified atom stereocenters. The highest BCUT2D eigenvalue weighted by atomic mass is 31.2. The number of aromatic nitrogens is 1. The van der Waals surface area contributed by atoms with Gasteiger partial charge < -0.3 is 10.3 Å². The number of hydrogen-bond donors (Lipinski definition) is 1. The Bertz CT molecular complexity index is 305. The van der Waals surface area contributed by atoms with Gasteiger partial charge in [-0.15, -0.1) is 0 Å². The molecular formula is C7H11N2OP. The second kappa shape index (κ2) is 2.67. The lowest BCUT2D eigenvalue weighted by Crippen LogP contribution is -2.12. The highest BCUT2D eigenvalue weighted by Crippen LogP contribution is 2.35. The molecule has 0 aliphatic rings. The summed E-state index contributed by atoms with van der Waals surface area (Å²) in [5.41, 5.74) is 6.61. The van der Waals surface area contributed by atoms with Gasteiger partial charge in [0.15, 0.2) is 0 Å². The molecule has 2 N–H and O–H groups in total. The summed E-state index contributed by atoms with van der Waals surface area (Å²) >= 11 is 0. The Balaban J connectivity index is 3.25. The summed E-state index contributed by atoms with van der Waals surface area (Å²) in [6, 6.07) is 3.44. The Morgan fingerprint density at radius 2 is 2.18 bits per heavy atom. The van der Waals surface area contributed by atoms with Gasteiger partial charge in [-0.25, -0.2) is 0 Å². The van der Waals surface area contributed by atoms with Gasteiger partial charge in [-0.2, -0.15) is 0 Å². The predicted molar refractivity (Wildman–Crippen MR) is 47.7 cm³/mol. The van der Waals surface area contributed by atoms with E-state index < -0.39 is 7.14 Å². The maximum Gasteiger partial charge on any atom is 0.129 e. The molecule has 4 heteroatoms. The van der Waals surface area contributed by atoms with Crippen molar-refractivity contribution in [2.75, 3.05) is 19.1 Å². The molecule has 1 aromatic rings. The van der Waals surface area contributed by atoms with Crippen LogP contribution in [0.25, 0.3) is 0 Å². The second-order valence-electron chi connectivity index (χ2n) is 2.77. The topological polar surface area (TPSA) is 56.0 Å². The van der Waals surface area contributed by atoms with E-state index in [1.54, 1.807) is 31.7 Å². The normalized spacial score (nSPS) is 11.5. The molecule has 0 saturated carbocycles. The van der Waals surface area contributed by atoms with E-state index >= 15 is 0 Å². The third-order valence-electron chi connectivity index (χ3n) is 1.33. The third-order valence-corrected chi connectivity index (χ3v) is 2.72. The molecule has 0 aliphatic heterocycles. The van der Waals surface area contributed by atoms with Crippen LogP contribution in [0.3, 0.4) is 0 Å². The minimum Gasteiger partial charge on any atom is -0.397 e. The zero-order valence-corrected chi connectivity index (χ0v) is 7.51. The lowest BCUT2D eigenvalue weighted by Gasteiger charge is -2.07. The molecule has 1 heterocycles. The van der Waals surface area contributed by atoms with E-state index in [0.29, 0.717) is 11.1 Å². The predicted octanol–water partition coefficient (Wildman–Crippen LogP) is 0.912. The number of nitrogen functional groups attached to an aromatic ring is 1. The monoisotopic (exact) mass is 170 g/mol. The van der Waals surface area contributed by atoms with Gasteiger partial charge in [-0.1, -0.05) is 0 Å². The Kier molecular flexibility index (Phi) is 2.01. The van der Waals surface area contributed by atoms with Gasteiger partial charge in [-0.05, 0) is 25.5 Å². The van der Waals surface area contributed by atoms with Gasteiger partial charge in [0.2, 0.25) is 0 Å². The van der Waals surface area contributed by atoms with Crippen LogP contribution in [0.4, 0.5) is 5.69 Å². The summed E-state index contributed by atoms with van der Waals surface area (Å²) in [5.74, 6) is 0. The SMILES string of the molecule is CP(C)(=O)c1ncccc1N. The fourth-order valence-corrected chi connectivity index (χ4v) is 1.90. The van der Waals surface area contributed by atoms with E-state index in [2.05, 4.69) is 4.98 Å². The van der Waals surface area contributed by atoms with E-state index in [9.17, 15) is 4.57 Å². The maximum absolute atomic E-state index is 11.5. The molecule has 0 amide bonds. The minimum absolute atomic E-state index is 0.515. The van der Waals surface area contributed by atoms with Crippen molar-refractivity contribution in [2.24, 2.45) is 0 Å². The number of rotatable bonds is 1. The number of nitrogens with two attached hydrogens (primary N) is 1. The number of pyridine rings is 1. The van der Waals surface area contributed by atoms with Gasteiger partial charge in [-0.3, -0.25) is 4.98 Å². The fourth-order valence-electron chi connectivity index (χ4n) is 0.859. The summed E-state index contributed by atoms with van der Waals surface area (Å²) in [7, 11) is -2.29. The molecule has 0 spiro atoms. The van der Waals surface area contributed by atoms with Gasteiger partial charge in [0.25, 0.3) is 0 Å². The quantitative estimate of drug-likeness (QED) is 0.637. The fraction of sp³-hybridized carbons (Fsp3) is 0.286. The van der Waals surface area contributed by atoms with Crippen molar-refractivity contribution < 1.29 is 4.57 Å². The van der Waals surface area contributed by atoms with Crippen molar-refractivity contribution in [3.63, 3.8) is 0 Å². The lowest BCUT2D eigenvalue weighted by atomic mass is 10.4. The van der Waals surface area contributed by atoms with Crippen molar-refractivity contribution >= 4 is 18.3 Å². The van der Waals surface area contributed by atoms with Crippen molar-refractivity contribution in [1.82, 2.24) is 4.98 Å². The highest BCUT2D eigenvalue weighted by Gasteiger charge is 2.14. The molecule has 0 fully saturated rings. The summed E-state index contributed by atoms with van der Waals surface area (Å²) in [4.78, 5) is 3.96. The molecular weight excluding hydrogens is 159 g/mol. The van der Waals surface area contributed by atoms with Crippen LogP contribution >= 0.6 is 7.14 Å². The van der Waals surface area contributed by atoms with E-state index in [1.165, 1.54) is 0 Å². The van der Waals surface area contributed by atoms with Crippen molar-refractivity contribution in [2.45, 2.75) is 0 Å². The molecule has 0 aromatic carbocycles. The minimum atomic E-state index is -2.29. The van der Waals surface area contributed by atoms with Crippen LogP contribution < -0.4 is 11.2 Å². The van der Waals surface area contributed by atoms with Crippen LogP contribution in [0.5, 0.6) is 0 Å². The van der Waals surface area contributed by atoms with E-state index in [-0.39, 0.29) is 0 Å². The summed E-state index contributed by atoms with van der Waals surface area (Å²) in [6.45, 7) is 3.32. The zero-order chi connectivity index (χ0) is 8.48. The van der Waals surface area contributed by atoms with Gasteiger partial charge in [0, 0.05) is 6.20 Å². The van der Waals surface area contributed by atoms with Crippen LogP contribution in [0, 0.1) is 0 Å². The van der Waals surface area contributed by atoms with Crippen LogP contribution in [-0.2, 0) is 4.57 Å².